The summed E-state index contributed by atoms with van der Waals surface area (Å²) in [5.74, 6) is -1.98. The zero-order chi connectivity index (χ0) is 24.5. The Bertz CT molecular complexity index is 905. The predicted molar refractivity (Wildman–Crippen MR) is 129 cm³/mol. The van der Waals surface area contributed by atoms with Crippen LogP contribution in [0.25, 0.3) is 0 Å². The van der Waals surface area contributed by atoms with Crippen LogP contribution in [0.3, 0.4) is 0 Å². The Morgan fingerprint density at radius 1 is 1.18 bits per heavy atom. The van der Waals surface area contributed by atoms with Gasteiger partial charge in [0, 0.05) is 5.92 Å². The summed E-state index contributed by atoms with van der Waals surface area (Å²) in [4.78, 5) is 36.8. The van der Waals surface area contributed by atoms with Crippen LogP contribution < -0.4 is 5.73 Å². The Morgan fingerprint density at radius 3 is 2.61 bits per heavy atom. The van der Waals surface area contributed by atoms with Gasteiger partial charge in [0.05, 0.1) is 6.42 Å². The number of Topliss-reactive ketones (excluding diaryl/α,β-unsaturated/α-hetero) is 2. The molecule has 2 aliphatic heterocycles. The summed E-state index contributed by atoms with van der Waals surface area (Å²) < 4.78 is 10.5. The largest absolute Gasteiger partial charge is 0.471 e. The first kappa shape index (κ1) is 26.4. The highest BCUT2D eigenvalue weighted by Gasteiger charge is 2.49. The van der Waals surface area contributed by atoms with Crippen LogP contribution in [-0.4, -0.2) is 29.7 Å². The molecule has 0 saturated carbocycles. The molecule has 4 atom stereocenters. The van der Waals surface area contributed by atoms with Crippen molar-refractivity contribution in [1.29, 1.82) is 0 Å². The van der Waals surface area contributed by atoms with E-state index in [-0.39, 0.29) is 17.9 Å². The molecule has 0 unspecified atom stereocenters. The molecule has 33 heavy (non-hydrogen) atoms. The van der Waals surface area contributed by atoms with Crippen molar-refractivity contribution in [2.45, 2.75) is 78.9 Å². The van der Waals surface area contributed by atoms with Gasteiger partial charge in [0.15, 0.2) is 18.1 Å². The minimum Gasteiger partial charge on any atom is -0.471 e. The van der Waals surface area contributed by atoms with Crippen molar-refractivity contribution in [3.63, 3.8) is 0 Å². The topological polar surface area (TPSA) is 95.7 Å². The quantitative estimate of drug-likeness (QED) is 0.256. The van der Waals surface area contributed by atoms with Crippen LogP contribution in [0.2, 0.25) is 0 Å². The predicted octanol–water partition coefficient (Wildman–Crippen LogP) is 4.87. The minimum atomic E-state index is -0.872. The van der Waals surface area contributed by atoms with Crippen LogP contribution in [0.15, 0.2) is 59.1 Å². The van der Waals surface area contributed by atoms with Crippen molar-refractivity contribution in [3.05, 3.63) is 59.1 Å². The number of nitrogens with two attached hydrogens (primary N) is 1. The van der Waals surface area contributed by atoms with Gasteiger partial charge in [-0.25, -0.2) is 0 Å². The third kappa shape index (κ3) is 7.58. The highest BCUT2D eigenvalue weighted by molar-refractivity contribution is 6.44. The van der Waals surface area contributed by atoms with Gasteiger partial charge in [-0.3, -0.25) is 14.4 Å². The first-order valence-corrected chi connectivity index (χ1v) is 11.8. The lowest BCUT2D eigenvalue weighted by Crippen LogP contribution is -2.30. The Kier molecular flexibility index (Phi) is 9.89. The molecule has 0 radical (unpaired) electrons. The summed E-state index contributed by atoms with van der Waals surface area (Å²) in [5.41, 5.74) is 8.20. The first-order valence-electron chi connectivity index (χ1n) is 11.8. The second-order valence-corrected chi connectivity index (χ2v) is 9.10. The molecule has 0 aromatic heterocycles. The van der Waals surface area contributed by atoms with E-state index in [1.54, 1.807) is 6.92 Å². The lowest BCUT2D eigenvalue weighted by Gasteiger charge is -2.11. The van der Waals surface area contributed by atoms with Crippen LogP contribution in [0, 0.1) is 11.8 Å². The highest BCUT2D eigenvalue weighted by Crippen LogP contribution is 2.34. The van der Waals surface area contributed by atoms with Crippen LogP contribution in [0.5, 0.6) is 0 Å². The monoisotopic (exact) mass is 455 g/mol. The van der Waals surface area contributed by atoms with Gasteiger partial charge in [0.1, 0.15) is 5.57 Å². The fourth-order valence-corrected chi connectivity index (χ4v) is 4.05. The molecule has 0 aromatic carbocycles. The van der Waals surface area contributed by atoms with Crippen molar-refractivity contribution in [3.8, 4) is 0 Å². The number of hydrogen-bond donors (Lipinski definition) is 1. The van der Waals surface area contributed by atoms with E-state index in [0.717, 1.165) is 24.8 Å². The molecule has 2 rings (SSSR count). The van der Waals surface area contributed by atoms with E-state index in [2.05, 4.69) is 45.1 Å². The fraction of sp³-hybridized carbons (Fsp3) is 0.519. The summed E-state index contributed by atoms with van der Waals surface area (Å²) in [7, 11) is 0. The van der Waals surface area contributed by atoms with Crippen molar-refractivity contribution < 1.29 is 23.9 Å². The van der Waals surface area contributed by atoms with Crippen LogP contribution in [-0.2, 0) is 23.9 Å². The fourth-order valence-electron chi connectivity index (χ4n) is 4.05. The molecule has 2 N–H and O–H groups in total. The summed E-state index contributed by atoms with van der Waals surface area (Å²) >= 11 is 0. The smallest absolute Gasteiger partial charge is 0.310 e. The van der Waals surface area contributed by atoms with Gasteiger partial charge < -0.3 is 15.2 Å². The average Bonchev–Trinajstić information content (AvgIpc) is 3.23. The molecule has 0 amide bonds. The number of carbonyl (C=O) groups excluding carboxylic acids is 3. The standard InChI is InChI=1S/C27H37NO5/c1-6-7-8-9-11-17(2)14-19(4)15-18(3)12-10-13-20(5)24(30)25(31)23-26-21(32-27(23)28)16-22(29)33-26/h8-12,15,19-21,26H,6-7,13-14,16,28H2,1-5H3/b9-8-,12-10+,17-11+,18-15+/t19-,20-,21-,26-/m1/s1. The second-order valence-electron chi connectivity index (χ2n) is 9.10. The lowest BCUT2D eigenvalue weighted by molar-refractivity contribution is -0.142. The van der Waals surface area contributed by atoms with E-state index in [1.807, 2.05) is 19.1 Å². The third-order valence-corrected chi connectivity index (χ3v) is 5.74. The number of rotatable bonds is 12. The molecule has 0 bridgehead atoms. The molecule has 0 aliphatic carbocycles. The molecule has 0 aromatic rings. The number of hydrogen-bond acceptors (Lipinski definition) is 6. The SMILES string of the molecule is CCC/C=C\C=C(/C)C[C@@H](C)/C=C(C)/C=C/C[C@@H](C)C(=O)C(=O)C1=C(N)O[C@@H]2CC(=O)O[C@@H]12. The summed E-state index contributed by atoms with van der Waals surface area (Å²) in [6.45, 7) is 10.2. The number of unbranched alkanes of at least 4 members (excludes halogenated alkanes) is 1. The van der Waals surface area contributed by atoms with Gasteiger partial charge in [-0.15, -0.1) is 0 Å². The summed E-state index contributed by atoms with van der Waals surface area (Å²) in [6.07, 6.45) is 14.8. The molecule has 2 heterocycles. The molecule has 2 aliphatic rings. The maximum Gasteiger partial charge on any atom is 0.310 e. The Labute approximate surface area is 197 Å². The zero-order valence-electron chi connectivity index (χ0n) is 20.4. The molecule has 0 spiro atoms. The van der Waals surface area contributed by atoms with Crippen LogP contribution >= 0.6 is 0 Å². The Morgan fingerprint density at radius 2 is 1.91 bits per heavy atom. The average molecular weight is 456 g/mol. The number of ether oxygens (including phenoxy) is 2. The number of esters is 1. The molecule has 180 valence electrons. The first-order chi connectivity index (χ1) is 15.6. The van der Waals surface area contributed by atoms with Crippen molar-refractivity contribution in [2.75, 3.05) is 0 Å². The van der Waals surface area contributed by atoms with Crippen molar-refractivity contribution >= 4 is 17.5 Å². The number of ketones is 2. The summed E-state index contributed by atoms with van der Waals surface area (Å²) in [5, 5.41) is 0. The number of carbonyl (C=O) groups is 3. The number of fused-ring (bicyclic) bond motifs is 1. The van der Waals surface area contributed by atoms with E-state index >= 15 is 0 Å². The van der Waals surface area contributed by atoms with Crippen molar-refractivity contribution in [1.82, 2.24) is 0 Å². The third-order valence-electron chi connectivity index (χ3n) is 5.74. The van der Waals surface area contributed by atoms with Crippen LogP contribution in [0.4, 0.5) is 0 Å². The van der Waals surface area contributed by atoms with E-state index in [4.69, 9.17) is 15.2 Å². The van der Waals surface area contributed by atoms with E-state index in [0.29, 0.717) is 12.3 Å². The Hall–Kier alpha value is -2.89. The van der Waals surface area contributed by atoms with E-state index < -0.39 is 35.7 Å². The van der Waals surface area contributed by atoms with Gasteiger partial charge >= 0.3 is 5.97 Å². The maximum absolute atomic E-state index is 12.7. The number of allylic oxidation sites excluding steroid dienone is 8. The van der Waals surface area contributed by atoms with E-state index in [9.17, 15) is 14.4 Å². The molecular formula is C27H37NO5. The zero-order valence-corrected chi connectivity index (χ0v) is 20.4. The Balaban J connectivity index is 1.87. The van der Waals surface area contributed by atoms with Gasteiger partial charge in [-0.1, -0.05) is 74.8 Å². The second kappa shape index (κ2) is 12.4. The highest BCUT2D eigenvalue weighted by atomic mass is 16.6. The normalized spacial score (nSPS) is 23.1. The van der Waals surface area contributed by atoms with Gasteiger partial charge in [0.25, 0.3) is 0 Å². The molecule has 1 fully saturated rings. The molecule has 6 heteroatoms. The molecule has 6 nitrogen and oxygen atoms in total. The molecule has 1 saturated heterocycles. The molecular weight excluding hydrogens is 418 g/mol. The van der Waals surface area contributed by atoms with Gasteiger partial charge in [-0.05, 0) is 39.0 Å². The maximum atomic E-state index is 12.7. The van der Waals surface area contributed by atoms with Crippen LogP contribution in [0.1, 0.15) is 66.7 Å². The summed E-state index contributed by atoms with van der Waals surface area (Å²) in [6, 6.07) is 0. The van der Waals surface area contributed by atoms with Crippen molar-refractivity contribution in [2.24, 2.45) is 17.6 Å². The van der Waals surface area contributed by atoms with Gasteiger partial charge in [0.2, 0.25) is 11.6 Å². The van der Waals surface area contributed by atoms with E-state index in [1.165, 1.54) is 5.57 Å². The minimum absolute atomic E-state index is 0.0236. The van der Waals surface area contributed by atoms with Gasteiger partial charge in [-0.2, -0.15) is 0 Å². The lowest BCUT2D eigenvalue weighted by atomic mass is 9.92.